The predicted molar refractivity (Wildman–Crippen MR) is 78.6 cm³/mol. The molecule has 0 radical (unpaired) electrons. The second-order valence-electron chi connectivity index (χ2n) is 4.57. The van der Waals surface area contributed by atoms with Crippen molar-refractivity contribution in [2.45, 2.75) is 16.3 Å². The third kappa shape index (κ3) is 3.67. The molecule has 0 saturated carbocycles. The molecule has 0 aromatic heterocycles. The Balaban J connectivity index is 2.28. The third-order valence-electron chi connectivity index (χ3n) is 2.96. The summed E-state index contributed by atoms with van der Waals surface area (Å²) in [5, 5.41) is 7.93. The first-order chi connectivity index (χ1) is 9.64. The van der Waals surface area contributed by atoms with Crippen LogP contribution in [0.2, 0.25) is 5.02 Å². The standard InChI is InChI=1S/C11H10Cl2N2O4S2/c12-9-3-8(2-1-7(9)4-14)21(18,19)15-11-6-20(16,17)5-10(11)13/h1-3,10-11,15H,5-6H2. The minimum Gasteiger partial charge on any atom is -0.229 e. The Morgan fingerprint density at radius 2 is 2.00 bits per heavy atom. The van der Waals surface area contributed by atoms with Gasteiger partial charge in [0.2, 0.25) is 10.0 Å². The predicted octanol–water partition coefficient (Wildman–Crippen LogP) is 0.894. The van der Waals surface area contributed by atoms with Gasteiger partial charge < -0.3 is 0 Å². The highest BCUT2D eigenvalue weighted by Gasteiger charge is 2.38. The lowest BCUT2D eigenvalue weighted by molar-refractivity contribution is 0.563. The number of alkyl halides is 1. The van der Waals surface area contributed by atoms with Crippen LogP contribution < -0.4 is 4.72 Å². The molecule has 2 rings (SSSR count). The first kappa shape index (κ1) is 16.5. The molecular formula is C11H10Cl2N2O4S2. The van der Waals surface area contributed by atoms with Crippen LogP contribution in [0, 0.1) is 11.3 Å². The molecule has 1 aliphatic heterocycles. The monoisotopic (exact) mass is 368 g/mol. The third-order valence-corrected chi connectivity index (χ3v) is 7.14. The highest BCUT2D eigenvalue weighted by atomic mass is 35.5. The van der Waals surface area contributed by atoms with Crippen molar-refractivity contribution >= 4 is 43.1 Å². The van der Waals surface area contributed by atoms with E-state index in [0.29, 0.717) is 0 Å². The van der Waals surface area contributed by atoms with Gasteiger partial charge in [0.15, 0.2) is 9.84 Å². The molecule has 6 nitrogen and oxygen atoms in total. The number of nitrogens with zero attached hydrogens (tertiary/aromatic N) is 1. The summed E-state index contributed by atoms with van der Waals surface area (Å²) in [7, 11) is -7.31. The molecule has 1 aromatic rings. The summed E-state index contributed by atoms with van der Waals surface area (Å²) in [6.45, 7) is 0. The molecule has 1 N–H and O–H groups in total. The SMILES string of the molecule is N#Cc1ccc(S(=O)(=O)NC2CS(=O)(=O)CC2Cl)cc1Cl. The topological polar surface area (TPSA) is 104 Å². The van der Waals surface area contributed by atoms with Gasteiger partial charge in [-0.25, -0.2) is 21.6 Å². The molecule has 0 aliphatic carbocycles. The fourth-order valence-corrected chi connectivity index (χ4v) is 6.25. The van der Waals surface area contributed by atoms with Crippen molar-refractivity contribution in [3.8, 4) is 6.07 Å². The average Bonchev–Trinajstić information content (AvgIpc) is 2.61. The Kier molecular flexibility index (Phi) is 4.52. The first-order valence-corrected chi connectivity index (χ1v) is 9.83. The molecule has 10 heteroatoms. The van der Waals surface area contributed by atoms with Crippen molar-refractivity contribution in [3.05, 3.63) is 28.8 Å². The van der Waals surface area contributed by atoms with Crippen molar-refractivity contribution in [2.75, 3.05) is 11.5 Å². The molecule has 1 aromatic carbocycles. The molecule has 0 spiro atoms. The summed E-state index contributed by atoms with van der Waals surface area (Å²) in [6, 6.07) is 4.56. The number of hydrogen-bond donors (Lipinski definition) is 1. The second-order valence-corrected chi connectivity index (χ2v) is 9.41. The number of nitriles is 1. The van der Waals surface area contributed by atoms with Gasteiger partial charge in [0.1, 0.15) is 6.07 Å². The van der Waals surface area contributed by atoms with E-state index in [9.17, 15) is 16.8 Å². The normalized spacial score (nSPS) is 24.6. The van der Waals surface area contributed by atoms with Gasteiger partial charge in [-0.05, 0) is 18.2 Å². The summed E-state index contributed by atoms with van der Waals surface area (Å²) >= 11 is 11.6. The van der Waals surface area contributed by atoms with Crippen LogP contribution in [0.1, 0.15) is 5.56 Å². The van der Waals surface area contributed by atoms with Crippen LogP contribution in [0.4, 0.5) is 0 Å². The minimum absolute atomic E-state index is 0.00171. The lowest BCUT2D eigenvalue weighted by Crippen LogP contribution is -2.40. The molecule has 1 saturated heterocycles. The van der Waals surface area contributed by atoms with E-state index >= 15 is 0 Å². The van der Waals surface area contributed by atoms with Crippen molar-refractivity contribution in [2.24, 2.45) is 0 Å². The highest BCUT2D eigenvalue weighted by molar-refractivity contribution is 7.92. The van der Waals surface area contributed by atoms with Gasteiger partial charge in [-0.15, -0.1) is 11.6 Å². The lowest BCUT2D eigenvalue weighted by Gasteiger charge is -2.14. The van der Waals surface area contributed by atoms with Gasteiger partial charge in [0.25, 0.3) is 0 Å². The van der Waals surface area contributed by atoms with E-state index in [-0.39, 0.29) is 27.0 Å². The number of nitrogens with one attached hydrogen (secondary N) is 1. The summed E-state index contributed by atoms with van der Waals surface area (Å²) in [4.78, 5) is -0.153. The minimum atomic E-state index is -3.97. The lowest BCUT2D eigenvalue weighted by atomic mass is 10.2. The molecule has 0 bridgehead atoms. The first-order valence-electron chi connectivity index (χ1n) is 5.71. The average molecular weight is 369 g/mol. The van der Waals surface area contributed by atoms with Gasteiger partial charge in [-0.1, -0.05) is 11.6 Å². The van der Waals surface area contributed by atoms with E-state index in [2.05, 4.69) is 4.72 Å². The number of rotatable bonds is 3. The Morgan fingerprint density at radius 3 is 2.48 bits per heavy atom. The Morgan fingerprint density at radius 1 is 1.33 bits per heavy atom. The second kappa shape index (κ2) is 5.74. The maximum absolute atomic E-state index is 12.2. The van der Waals surface area contributed by atoms with E-state index in [4.69, 9.17) is 28.5 Å². The van der Waals surface area contributed by atoms with Crippen LogP contribution in [0.25, 0.3) is 0 Å². The molecule has 1 aliphatic rings. The summed E-state index contributed by atoms with van der Waals surface area (Å²) in [5.41, 5.74) is 0.147. The van der Waals surface area contributed by atoms with E-state index in [1.807, 2.05) is 6.07 Å². The van der Waals surface area contributed by atoms with Crippen molar-refractivity contribution in [3.63, 3.8) is 0 Å². The van der Waals surface area contributed by atoms with Gasteiger partial charge in [0.05, 0.1) is 38.4 Å². The van der Waals surface area contributed by atoms with Crippen LogP contribution in [-0.4, -0.2) is 39.8 Å². The van der Waals surface area contributed by atoms with Crippen LogP contribution in [0.15, 0.2) is 23.1 Å². The molecule has 1 fully saturated rings. The number of halogens is 2. The zero-order valence-electron chi connectivity index (χ0n) is 10.5. The maximum atomic E-state index is 12.2. The van der Waals surface area contributed by atoms with Crippen molar-refractivity contribution in [1.82, 2.24) is 4.72 Å². The van der Waals surface area contributed by atoms with Crippen LogP contribution in [0.5, 0.6) is 0 Å². The zero-order valence-corrected chi connectivity index (χ0v) is 13.6. The van der Waals surface area contributed by atoms with Crippen molar-refractivity contribution < 1.29 is 16.8 Å². The van der Waals surface area contributed by atoms with Gasteiger partial charge >= 0.3 is 0 Å². The van der Waals surface area contributed by atoms with Crippen LogP contribution in [-0.2, 0) is 19.9 Å². The Labute approximate surface area is 132 Å². The van der Waals surface area contributed by atoms with Crippen LogP contribution in [0.3, 0.4) is 0 Å². The number of sulfonamides is 1. The molecule has 0 amide bonds. The van der Waals surface area contributed by atoms with Gasteiger partial charge in [-0.3, -0.25) is 0 Å². The maximum Gasteiger partial charge on any atom is 0.240 e. The quantitative estimate of drug-likeness (QED) is 0.797. The largest absolute Gasteiger partial charge is 0.240 e. The van der Waals surface area contributed by atoms with Crippen molar-refractivity contribution in [1.29, 1.82) is 5.26 Å². The molecule has 2 atom stereocenters. The van der Waals surface area contributed by atoms with Crippen LogP contribution >= 0.6 is 23.2 Å². The van der Waals surface area contributed by atoms with Gasteiger partial charge in [0, 0.05) is 0 Å². The molecular weight excluding hydrogens is 359 g/mol. The number of sulfone groups is 1. The van der Waals surface area contributed by atoms with E-state index in [1.165, 1.54) is 12.1 Å². The summed E-state index contributed by atoms with van der Waals surface area (Å²) < 4.78 is 49.5. The fraction of sp³-hybridized carbons (Fsp3) is 0.364. The fourth-order valence-electron chi connectivity index (χ4n) is 1.93. The molecule has 1 heterocycles. The summed E-state index contributed by atoms with van der Waals surface area (Å²) in [6.07, 6.45) is 0. The number of hydrogen-bond acceptors (Lipinski definition) is 5. The smallest absolute Gasteiger partial charge is 0.229 e. The number of benzene rings is 1. The zero-order chi connectivity index (χ0) is 15.8. The Bertz CT molecular complexity index is 815. The molecule has 2 unspecified atom stereocenters. The van der Waals surface area contributed by atoms with E-state index in [0.717, 1.165) is 6.07 Å². The Hall–Kier alpha value is -0.850. The molecule has 21 heavy (non-hydrogen) atoms. The highest BCUT2D eigenvalue weighted by Crippen LogP contribution is 2.23. The van der Waals surface area contributed by atoms with E-state index in [1.54, 1.807) is 0 Å². The van der Waals surface area contributed by atoms with Gasteiger partial charge in [-0.2, -0.15) is 5.26 Å². The summed E-state index contributed by atoms with van der Waals surface area (Å²) in [5.74, 6) is -0.611. The van der Waals surface area contributed by atoms with E-state index < -0.39 is 31.3 Å². The molecule has 114 valence electrons.